The van der Waals surface area contributed by atoms with E-state index in [2.05, 4.69) is 6.92 Å². The lowest BCUT2D eigenvalue weighted by Gasteiger charge is -2.14. The summed E-state index contributed by atoms with van der Waals surface area (Å²) in [6.07, 6.45) is 3.47. The Morgan fingerprint density at radius 3 is 2.75 bits per heavy atom. The Kier molecular flexibility index (Phi) is 5.64. The van der Waals surface area contributed by atoms with Crippen molar-refractivity contribution in [2.45, 2.75) is 39.2 Å². The molecule has 0 aliphatic rings. The second kappa shape index (κ2) is 6.77. The molecule has 2 N–H and O–H groups in total. The van der Waals surface area contributed by atoms with E-state index >= 15 is 0 Å². The summed E-state index contributed by atoms with van der Waals surface area (Å²) in [6, 6.07) is 5.55. The third-order valence-corrected chi connectivity index (χ3v) is 2.70. The molecule has 0 saturated heterocycles. The number of ether oxygens (including phenoxy) is 1. The van der Waals surface area contributed by atoms with Crippen molar-refractivity contribution in [3.63, 3.8) is 0 Å². The molecule has 1 unspecified atom stereocenters. The number of hydrogen-bond acceptors (Lipinski definition) is 2. The third-order valence-electron chi connectivity index (χ3n) is 2.47. The average Bonchev–Trinajstić information content (AvgIpc) is 2.26. The molecule has 1 aromatic rings. The minimum atomic E-state index is -0.0557. The SMILES string of the molecule is CCCCCOc1ccc(Cl)cc1C(C)N. The van der Waals surface area contributed by atoms with Crippen LogP contribution in [0.5, 0.6) is 5.75 Å². The molecule has 1 aromatic carbocycles. The zero-order valence-electron chi connectivity index (χ0n) is 10.0. The molecule has 0 saturated carbocycles. The normalized spacial score (nSPS) is 12.5. The number of rotatable bonds is 6. The van der Waals surface area contributed by atoms with Crippen LogP contribution in [0.25, 0.3) is 0 Å². The Hall–Kier alpha value is -0.730. The summed E-state index contributed by atoms with van der Waals surface area (Å²) in [6.45, 7) is 4.86. The largest absolute Gasteiger partial charge is 0.493 e. The van der Waals surface area contributed by atoms with Crippen molar-refractivity contribution >= 4 is 11.6 Å². The average molecular weight is 242 g/mol. The van der Waals surface area contributed by atoms with Gasteiger partial charge in [0, 0.05) is 16.6 Å². The molecular formula is C13H20ClNO. The summed E-state index contributed by atoms with van der Waals surface area (Å²) >= 11 is 5.93. The number of hydrogen-bond donors (Lipinski definition) is 1. The summed E-state index contributed by atoms with van der Waals surface area (Å²) in [5.74, 6) is 0.857. The van der Waals surface area contributed by atoms with E-state index < -0.39 is 0 Å². The fourth-order valence-electron chi connectivity index (χ4n) is 1.54. The van der Waals surface area contributed by atoms with Gasteiger partial charge in [-0.2, -0.15) is 0 Å². The zero-order chi connectivity index (χ0) is 12.0. The van der Waals surface area contributed by atoms with Gasteiger partial charge in [0.1, 0.15) is 5.75 Å². The Morgan fingerprint density at radius 2 is 2.12 bits per heavy atom. The smallest absolute Gasteiger partial charge is 0.124 e. The molecule has 0 fully saturated rings. The maximum Gasteiger partial charge on any atom is 0.124 e. The van der Waals surface area contributed by atoms with Gasteiger partial charge >= 0.3 is 0 Å². The van der Waals surface area contributed by atoms with Gasteiger partial charge in [-0.3, -0.25) is 0 Å². The Balaban J connectivity index is 2.64. The lowest BCUT2D eigenvalue weighted by molar-refractivity contribution is 0.302. The van der Waals surface area contributed by atoms with Crippen LogP contribution in [0.3, 0.4) is 0 Å². The van der Waals surface area contributed by atoms with E-state index in [1.54, 1.807) is 0 Å². The van der Waals surface area contributed by atoms with Crippen LogP contribution in [0.4, 0.5) is 0 Å². The molecule has 90 valence electrons. The molecule has 1 rings (SSSR count). The zero-order valence-corrected chi connectivity index (χ0v) is 10.8. The highest BCUT2D eigenvalue weighted by Gasteiger charge is 2.08. The number of halogens is 1. The van der Waals surface area contributed by atoms with Crippen LogP contribution in [-0.4, -0.2) is 6.61 Å². The van der Waals surface area contributed by atoms with Crippen molar-refractivity contribution < 1.29 is 4.74 Å². The third kappa shape index (κ3) is 4.03. The van der Waals surface area contributed by atoms with Crippen LogP contribution >= 0.6 is 11.6 Å². The first-order chi connectivity index (χ1) is 7.65. The molecule has 16 heavy (non-hydrogen) atoms. The first-order valence-corrected chi connectivity index (χ1v) is 6.20. The van der Waals surface area contributed by atoms with E-state index in [1.807, 2.05) is 25.1 Å². The van der Waals surface area contributed by atoms with Crippen molar-refractivity contribution in [1.82, 2.24) is 0 Å². The maximum atomic E-state index is 5.93. The van der Waals surface area contributed by atoms with Gasteiger partial charge in [-0.25, -0.2) is 0 Å². The molecule has 0 aliphatic carbocycles. The molecule has 0 amide bonds. The van der Waals surface area contributed by atoms with Crippen molar-refractivity contribution in [1.29, 1.82) is 0 Å². The fraction of sp³-hybridized carbons (Fsp3) is 0.538. The first-order valence-electron chi connectivity index (χ1n) is 5.83. The molecule has 2 nitrogen and oxygen atoms in total. The molecule has 0 bridgehead atoms. The standard InChI is InChI=1S/C13H20ClNO/c1-3-4-5-8-16-13-7-6-11(14)9-12(13)10(2)15/h6-7,9-10H,3-5,8,15H2,1-2H3. The van der Waals surface area contributed by atoms with E-state index in [4.69, 9.17) is 22.1 Å². The molecule has 0 radical (unpaired) electrons. The Bertz CT molecular complexity index is 326. The second-order valence-electron chi connectivity index (χ2n) is 4.03. The molecule has 0 aromatic heterocycles. The Morgan fingerprint density at radius 1 is 1.38 bits per heavy atom. The van der Waals surface area contributed by atoms with Crippen molar-refractivity contribution in [2.75, 3.05) is 6.61 Å². The van der Waals surface area contributed by atoms with E-state index in [1.165, 1.54) is 12.8 Å². The van der Waals surface area contributed by atoms with Gasteiger partial charge in [0.25, 0.3) is 0 Å². The van der Waals surface area contributed by atoms with Gasteiger partial charge in [-0.05, 0) is 31.5 Å². The quantitative estimate of drug-likeness (QED) is 0.766. The second-order valence-corrected chi connectivity index (χ2v) is 4.46. The van der Waals surface area contributed by atoms with Crippen molar-refractivity contribution in [3.8, 4) is 5.75 Å². The number of unbranched alkanes of at least 4 members (excludes halogenated alkanes) is 2. The highest BCUT2D eigenvalue weighted by Crippen LogP contribution is 2.27. The summed E-state index contributed by atoms with van der Waals surface area (Å²) in [5, 5.41) is 0.702. The van der Waals surface area contributed by atoms with Crippen molar-refractivity contribution in [3.05, 3.63) is 28.8 Å². The van der Waals surface area contributed by atoms with Gasteiger partial charge in [-0.1, -0.05) is 31.4 Å². The van der Waals surface area contributed by atoms with E-state index in [9.17, 15) is 0 Å². The Labute approximate surface area is 103 Å². The van der Waals surface area contributed by atoms with E-state index in [-0.39, 0.29) is 6.04 Å². The van der Waals surface area contributed by atoms with Crippen LogP contribution in [-0.2, 0) is 0 Å². The number of nitrogens with two attached hydrogens (primary N) is 1. The lowest BCUT2D eigenvalue weighted by Crippen LogP contribution is -2.08. The molecule has 0 heterocycles. The molecule has 1 atom stereocenters. The monoisotopic (exact) mass is 241 g/mol. The topological polar surface area (TPSA) is 35.2 Å². The minimum absolute atomic E-state index is 0.0557. The minimum Gasteiger partial charge on any atom is -0.493 e. The van der Waals surface area contributed by atoms with E-state index in [0.29, 0.717) is 5.02 Å². The van der Waals surface area contributed by atoms with Gasteiger partial charge in [-0.15, -0.1) is 0 Å². The van der Waals surface area contributed by atoms with Crippen LogP contribution in [0.2, 0.25) is 5.02 Å². The van der Waals surface area contributed by atoms with Crippen LogP contribution < -0.4 is 10.5 Å². The predicted molar refractivity (Wildman–Crippen MR) is 69.1 cm³/mol. The highest BCUT2D eigenvalue weighted by atomic mass is 35.5. The van der Waals surface area contributed by atoms with Gasteiger partial charge in [0.05, 0.1) is 6.61 Å². The maximum absolute atomic E-state index is 5.93. The first kappa shape index (κ1) is 13.3. The summed E-state index contributed by atoms with van der Waals surface area (Å²) in [4.78, 5) is 0. The van der Waals surface area contributed by atoms with Gasteiger partial charge in [0.15, 0.2) is 0 Å². The molecule has 0 aliphatic heterocycles. The molecular weight excluding hydrogens is 222 g/mol. The van der Waals surface area contributed by atoms with Gasteiger partial charge in [0.2, 0.25) is 0 Å². The summed E-state index contributed by atoms with van der Waals surface area (Å²) in [7, 11) is 0. The lowest BCUT2D eigenvalue weighted by atomic mass is 10.1. The van der Waals surface area contributed by atoms with Crippen LogP contribution in [0.15, 0.2) is 18.2 Å². The summed E-state index contributed by atoms with van der Waals surface area (Å²) < 4.78 is 5.72. The van der Waals surface area contributed by atoms with Crippen molar-refractivity contribution in [2.24, 2.45) is 5.73 Å². The summed E-state index contributed by atoms with van der Waals surface area (Å²) in [5.41, 5.74) is 6.85. The van der Waals surface area contributed by atoms with Crippen LogP contribution in [0, 0.1) is 0 Å². The highest BCUT2D eigenvalue weighted by molar-refractivity contribution is 6.30. The fourth-order valence-corrected chi connectivity index (χ4v) is 1.72. The molecule has 3 heteroatoms. The van der Waals surface area contributed by atoms with E-state index in [0.717, 1.165) is 24.3 Å². The molecule has 0 spiro atoms. The van der Waals surface area contributed by atoms with Crippen LogP contribution in [0.1, 0.15) is 44.7 Å². The number of benzene rings is 1. The predicted octanol–water partition coefficient (Wildman–Crippen LogP) is 3.93. The van der Waals surface area contributed by atoms with Gasteiger partial charge < -0.3 is 10.5 Å².